The molecule has 1 atom stereocenters. The molecule has 15 heavy (non-hydrogen) atoms. The van der Waals surface area contributed by atoms with Crippen LogP contribution in [0.25, 0.3) is 10.9 Å². The molecule has 0 bridgehead atoms. The Morgan fingerprint density at radius 1 is 1.33 bits per heavy atom. The highest BCUT2D eigenvalue weighted by molar-refractivity contribution is 6.31. The molecule has 0 radical (unpaired) electrons. The second-order valence-corrected chi connectivity index (χ2v) is 4.24. The van der Waals surface area contributed by atoms with Crippen LogP contribution in [0, 0.1) is 6.92 Å². The molecule has 0 aliphatic rings. The average molecular weight is 221 g/mol. The van der Waals surface area contributed by atoms with Gasteiger partial charge in [0.05, 0.1) is 5.52 Å². The minimum atomic E-state index is 0.00961. The minimum absolute atomic E-state index is 0.00961. The first kappa shape index (κ1) is 10.4. The van der Waals surface area contributed by atoms with Gasteiger partial charge in [-0.2, -0.15) is 0 Å². The first-order valence-corrected chi connectivity index (χ1v) is 5.28. The first-order valence-electron chi connectivity index (χ1n) is 4.90. The molecule has 3 heteroatoms. The third kappa shape index (κ3) is 1.96. The van der Waals surface area contributed by atoms with Crippen LogP contribution in [-0.2, 0) is 0 Å². The molecule has 0 fully saturated rings. The third-order valence-corrected chi connectivity index (χ3v) is 2.66. The van der Waals surface area contributed by atoms with Crippen LogP contribution in [0.2, 0.25) is 5.02 Å². The van der Waals surface area contributed by atoms with E-state index in [4.69, 9.17) is 17.3 Å². The maximum absolute atomic E-state index is 5.93. The number of pyridine rings is 1. The molecule has 1 aromatic heterocycles. The molecule has 0 aliphatic heterocycles. The monoisotopic (exact) mass is 220 g/mol. The third-order valence-electron chi connectivity index (χ3n) is 2.42. The van der Waals surface area contributed by atoms with Crippen molar-refractivity contribution < 1.29 is 0 Å². The van der Waals surface area contributed by atoms with Crippen LogP contribution in [0.4, 0.5) is 0 Å². The topological polar surface area (TPSA) is 38.9 Å². The van der Waals surface area contributed by atoms with Gasteiger partial charge in [-0.05, 0) is 37.6 Å². The quantitative estimate of drug-likeness (QED) is 0.802. The van der Waals surface area contributed by atoms with Crippen LogP contribution in [0.15, 0.2) is 24.3 Å². The first-order chi connectivity index (χ1) is 7.08. The Morgan fingerprint density at radius 3 is 2.73 bits per heavy atom. The molecule has 2 rings (SSSR count). The standard InChI is InChI=1S/C12H13ClN2/c1-7-5-11(8(2)14)10-4-3-9(13)6-12(10)15-7/h3-6,8H,14H2,1-2H3. The van der Waals surface area contributed by atoms with Gasteiger partial charge in [0, 0.05) is 22.1 Å². The van der Waals surface area contributed by atoms with Gasteiger partial charge in [-0.3, -0.25) is 4.98 Å². The lowest BCUT2D eigenvalue weighted by Crippen LogP contribution is -2.06. The Kier molecular flexibility index (Phi) is 2.63. The number of halogens is 1. The van der Waals surface area contributed by atoms with Crippen molar-refractivity contribution in [3.05, 3.63) is 40.5 Å². The van der Waals surface area contributed by atoms with E-state index in [9.17, 15) is 0 Å². The van der Waals surface area contributed by atoms with E-state index in [0.29, 0.717) is 5.02 Å². The molecule has 0 saturated carbocycles. The molecule has 1 heterocycles. The SMILES string of the molecule is Cc1cc(C(C)N)c2ccc(Cl)cc2n1. The van der Waals surface area contributed by atoms with Crippen LogP contribution in [0.5, 0.6) is 0 Å². The van der Waals surface area contributed by atoms with Crippen molar-refractivity contribution in [3.8, 4) is 0 Å². The molecule has 0 saturated heterocycles. The summed E-state index contributed by atoms with van der Waals surface area (Å²) >= 11 is 5.93. The summed E-state index contributed by atoms with van der Waals surface area (Å²) in [6.45, 7) is 3.94. The zero-order chi connectivity index (χ0) is 11.0. The van der Waals surface area contributed by atoms with Crippen LogP contribution < -0.4 is 5.73 Å². The van der Waals surface area contributed by atoms with Gasteiger partial charge in [0.1, 0.15) is 0 Å². The van der Waals surface area contributed by atoms with Gasteiger partial charge in [0.2, 0.25) is 0 Å². The Labute approximate surface area is 94.1 Å². The van der Waals surface area contributed by atoms with Crippen LogP contribution in [-0.4, -0.2) is 4.98 Å². The fraction of sp³-hybridized carbons (Fsp3) is 0.250. The summed E-state index contributed by atoms with van der Waals surface area (Å²) in [4.78, 5) is 4.44. The number of nitrogens with two attached hydrogens (primary N) is 1. The van der Waals surface area contributed by atoms with E-state index in [0.717, 1.165) is 22.2 Å². The molecule has 0 aliphatic carbocycles. The number of hydrogen-bond acceptors (Lipinski definition) is 2. The smallest absolute Gasteiger partial charge is 0.0723 e. The van der Waals surface area contributed by atoms with E-state index in [1.165, 1.54) is 0 Å². The molecule has 2 aromatic rings. The fourth-order valence-corrected chi connectivity index (χ4v) is 1.91. The summed E-state index contributed by atoms with van der Waals surface area (Å²) < 4.78 is 0. The summed E-state index contributed by atoms with van der Waals surface area (Å²) in [6.07, 6.45) is 0. The lowest BCUT2D eigenvalue weighted by atomic mass is 10.0. The molecule has 2 N–H and O–H groups in total. The van der Waals surface area contributed by atoms with Gasteiger partial charge in [-0.1, -0.05) is 17.7 Å². The number of fused-ring (bicyclic) bond motifs is 1. The Morgan fingerprint density at radius 2 is 2.07 bits per heavy atom. The number of rotatable bonds is 1. The van der Waals surface area contributed by atoms with E-state index in [1.807, 2.05) is 38.1 Å². The molecule has 2 nitrogen and oxygen atoms in total. The average Bonchev–Trinajstić information content (AvgIpc) is 2.15. The van der Waals surface area contributed by atoms with Crippen molar-refractivity contribution in [2.45, 2.75) is 19.9 Å². The van der Waals surface area contributed by atoms with Crippen molar-refractivity contribution in [1.82, 2.24) is 4.98 Å². The number of aryl methyl sites for hydroxylation is 1. The Hall–Kier alpha value is -1.12. The van der Waals surface area contributed by atoms with Crippen molar-refractivity contribution in [2.24, 2.45) is 5.73 Å². The number of nitrogens with zero attached hydrogens (tertiary/aromatic N) is 1. The summed E-state index contributed by atoms with van der Waals surface area (Å²) in [5.41, 5.74) is 8.93. The molecular weight excluding hydrogens is 208 g/mol. The van der Waals surface area contributed by atoms with Gasteiger partial charge in [-0.15, -0.1) is 0 Å². The van der Waals surface area contributed by atoms with Gasteiger partial charge >= 0.3 is 0 Å². The van der Waals surface area contributed by atoms with Crippen LogP contribution >= 0.6 is 11.6 Å². The van der Waals surface area contributed by atoms with E-state index >= 15 is 0 Å². The second-order valence-electron chi connectivity index (χ2n) is 3.80. The molecule has 1 aromatic carbocycles. The van der Waals surface area contributed by atoms with E-state index in [2.05, 4.69) is 4.98 Å². The van der Waals surface area contributed by atoms with E-state index in [-0.39, 0.29) is 6.04 Å². The zero-order valence-electron chi connectivity index (χ0n) is 8.79. The maximum atomic E-state index is 5.93. The zero-order valence-corrected chi connectivity index (χ0v) is 9.55. The Balaban J connectivity index is 2.80. The summed E-state index contributed by atoms with van der Waals surface area (Å²) in [7, 11) is 0. The van der Waals surface area contributed by atoms with E-state index < -0.39 is 0 Å². The maximum Gasteiger partial charge on any atom is 0.0723 e. The van der Waals surface area contributed by atoms with E-state index in [1.54, 1.807) is 0 Å². The van der Waals surface area contributed by atoms with Crippen molar-refractivity contribution in [3.63, 3.8) is 0 Å². The highest BCUT2D eigenvalue weighted by Crippen LogP contribution is 2.25. The number of hydrogen-bond donors (Lipinski definition) is 1. The summed E-state index contributed by atoms with van der Waals surface area (Å²) in [5.74, 6) is 0. The highest BCUT2D eigenvalue weighted by Gasteiger charge is 2.07. The largest absolute Gasteiger partial charge is 0.324 e. The van der Waals surface area contributed by atoms with Gasteiger partial charge < -0.3 is 5.73 Å². The summed E-state index contributed by atoms with van der Waals surface area (Å²) in [5, 5.41) is 1.79. The minimum Gasteiger partial charge on any atom is -0.324 e. The van der Waals surface area contributed by atoms with Crippen molar-refractivity contribution >= 4 is 22.5 Å². The summed E-state index contributed by atoms with van der Waals surface area (Å²) in [6, 6.07) is 7.75. The van der Waals surface area contributed by atoms with Gasteiger partial charge in [0.25, 0.3) is 0 Å². The van der Waals surface area contributed by atoms with Crippen molar-refractivity contribution in [2.75, 3.05) is 0 Å². The molecule has 0 amide bonds. The normalized spacial score (nSPS) is 13.1. The lowest BCUT2D eigenvalue weighted by molar-refractivity contribution is 0.823. The fourth-order valence-electron chi connectivity index (χ4n) is 1.74. The lowest BCUT2D eigenvalue weighted by Gasteiger charge is -2.11. The van der Waals surface area contributed by atoms with Crippen molar-refractivity contribution in [1.29, 1.82) is 0 Å². The Bertz CT molecular complexity index is 501. The second kappa shape index (κ2) is 3.80. The number of aromatic nitrogens is 1. The number of benzene rings is 1. The molecular formula is C12H13ClN2. The van der Waals surface area contributed by atoms with Crippen LogP contribution in [0.3, 0.4) is 0 Å². The predicted molar refractivity (Wildman–Crippen MR) is 64.1 cm³/mol. The highest BCUT2D eigenvalue weighted by atomic mass is 35.5. The van der Waals surface area contributed by atoms with Gasteiger partial charge in [-0.25, -0.2) is 0 Å². The molecule has 0 spiro atoms. The predicted octanol–water partition coefficient (Wildman–Crippen LogP) is 3.22. The molecule has 78 valence electrons. The van der Waals surface area contributed by atoms with Gasteiger partial charge in [0.15, 0.2) is 0 Å². The van der Waals surface area contributed by atoms with Crippen LogP contribution in [0.1, 0.15) is 24.2 Å². The molecule has 1 unspecified atom stereocenters.